The van der Waals surface area contributed by atoms with E-state index >= 15 is 0 Å². The molecule has 3 nitrogen and oxygen atoms in total. The number of para-hydroxylation sites is 1. The number of nitrogens with zero attached hydrogens (tertiary/aromatic N) is 1. The van der Waals surface area contributed by atoms with Gasteiger partial charge in [-0.2, -0.15) is 13.2 Å². The maximum Gasteiger partial charge on any atom is 0.418 e. The van der Waals surface area contributed by atoms with E-state index in [9.17, 15) is 22.8 Å². The molecule has 0 atom stereocenters. The second-order valence-corrected chi connectivity index (χ2v) is 7.08. The first kappa shape index (κ1) is 20.5. The lowest BCUT2D eigenvalue weighted by atomic mass is 9.90. The van der Waals surface area contributed by atoms with Gasteiger partial charge in [-0.05, 0) is 24.6 Å². The van der Waals surface area contributed by atoms with Gasteiger partial charge in [-0.25, -0.2) is 0 Å². The topological polar surface area (TPSA) is 47.0 Å². The minimum absolute atomic E-state index is 0.165. The molecule has 0 bridgehead atoms. The summed E-state index contributed by atoms with van der Waals surface area (Å²) < 4.78 is 40.8. The normalized spacial score (nSPS) is 11.5. The maximum absolute atomic E-state index is 13.6. The van der Waals surface area contributed by atoms with Gasteiger partial charge in [0.2, 0.25) is 0 Å². The number of aromatic nitrogens is 1. The van der Waals surface area contributed by atoms with Crippen LogP contribution in [-0.4, -0.2) is 16.6 Å². The van der Waals surface area contributed by atoms with Crippen molar-refractivity contribution in [2.45, 2.75) is 13.1 Å². The first-order chi connectivity index (χ1) is 14.8. The van der Waals surface area contributed by atoms with E-state index in [4.69, 9.17) is 0 Å². The standard InChI is InChI=1S/C25H16F3NO2/c1-15(30)17-9-5-10-18(13-17)22-19-11-6-12-21(25(26,27)28)23(19)29-14-20(22)24(31)16-7-3-2-4-8-16/h2-14H,1H3. The Hall–Kier alpha value is -3.80. The molecule has 1 heterocycles. The molecule has 1 aromatic heterocycles. The summed E-state index contributed by atoms with van der Waals surface area (Å²) in [6.45, 7) is 1.40. The van der Waals surface area contributed by atoms with Crippen LogP contribution in [0.25, 0.3) is 22.0 Å². The zero-order valence-electron chi connectivity index (χ0n) is 16.4. The Labute approximate surface area is 176 Å². The molecule has 0 radical (unpaired) electrons. The predicted molar refractivity (Wildman–Crippen MR) is 112 cm³/mol. The number of fused-ring (bicyclic) bond motifs is 1. The summed E-state index contributed by atoms with van der Waals surface area (Å²) in [5.41, 5.74) is 0.605. The highest BCUT2D eigenvalue weighted by atomic mass is 19.4. The average molecular weight is 419 g/mol. The van der Waals surface area contributed by atoms with Crippen molar-refractivity contribution < 1.29 is 22.8 Å². The van der Waals surface area contributed by atoms with Gasteiger partial charge in [0, 0.05) is 33.8 Å². The minimum atomic E-state index is -4.60. The number of Topliss-reactive ketones (excluding diaryl/α,β-unsaturated/α-hetero) is 1. The maximum atomic E-state index is 13.6. The molecule has 31 heavy (non-hydrogen) atoms. The number of pyridine rings is 1. The third-order valence-corrected chi connectivity index (χ3v) is 5.04. The van der Waals surface area contributed by atoms with Crippen molar-refractivity contribution >= 4 is 22.5 Å². The smallest absolute Gasteiger partial charge is 0.295 e. The van der Waals surface area contributed by atoms with Crippen molar-refractivity contribution in [3.63, 3.8) is 0 Å². The van der Waals surface area contributed by atoms with E-state index in [1.165, 1.54) is 25.3 Å². The molecule has 0 aliphatic heterocycles. The fourth-order valence-electron chi connectivity index (χ4n) is 3.57. The van der Waals surface area contributed by atoms with E-state index in [2.05, 4.69) is 4.98 Å². The quantitative estimate of drug-likeness (QED) is 0.362. The van der Waals surface area contributed by atoms with E-state index in [0.29, 0.717) is 22.3 Å². The van der Waals surface area contributed by atoms with Crippen LogP contribution in [0.3, 0.4) is 0 Å². The monoisotopic (exact) mass is 419 g/mol. The van der Waals surface area contributed by atoms with Crippen molar-refractivity contribution in [2.75, 3.05) is 0 Å². The summed E-state index contributed by atoms with van der Waals surface area (Å²) in [5.74, 6) is -0.553. The van der Waals surface area contributed by atoms with Gasteiger partial charge in [0.15, 0.2) is 11.6 Å². The number of halogens is 3. The number of benzene rings is 3. The molecule has 0 fully saturated rings. The molecule has 0 saturated carbocycles. The van der Waals surface area contributed by atoms with Gasteiger partial charge in [-0.1, -0.05) is 60.7 Å². The van der Waals surface area contributed by atoms with Gasteiger partial charge < -0.3 is 0 Å². The van der Waals surface area contributed by atoms with Crippen LogP contribution in [0.1, 0.15) is 38.8 Å². The average Bonchev–Trinajstić information content (AvgIpc) is 2.77. The Bertz CT molecular complexity index is 1310. The van der Waals surface area contributed by atoms with Crippen LogP contribution >= 0.6 is 0 Å². The third kappa shape index (κ3) is 3.84. The van der Waals surface area contributed by atoms with E-state index < -0.39 is 11.7 Å². The summed E-state index contributed by atoms with van der Waals surface area (Å²) in [5, 5.41) is 0.192. The second kappa shape index (κ2) is 7.80. The fourth-order valence-corrected chi connectivity index (χ4v) is 3.57. The number of rotatable bonds is 4. The molecular weight excluding hydrogens is 403 g/mol. The van der Waals surface area contributed by atoms with Crippen LogP contribution in [0.15, 0.2) is 79.0 Å². The van der Waals surface area contributed by atoms with E-state index in [1.807, 2.05) is 0 Å². The van der Waals surface area contributed by atoms with Gasteiger partial charge >= 0.3 is 6.18 Å². The highest BCUT2D eigenvalue weighted by molar-refractivity contribution is 6.17. The number of hydrogen-bond acceptors (Lipinski definition) is 3. The lowest BCUT2D eigenvalue weighted by Crippen LogP contribution is -2.09. The molecule has 0 amide bonds. The molecule has 154 valence electrons. The summed E-state index contributed by atoms with van der Waals surface area (Å²) in [4.78, 5) is 29.2. The van der Waals surface area contributed by atoms with E-state index in [-0.39, 0.29) is 28.0 Å². The Kier molecular flexibility index (Phi) is 5.15. The van der Waals surface area contributed by atoms with Gasteiger partial charge in [0.25, 0.3) is 0 Å². The van der Waals surface area contributed by atoms with Crippen LogP contribution in [-0.2, 0) is 6.18 Å². The van der Waals surface area contributed by atoms with Crippen LogP contribution < -0.4 is 0 Å². The minimum Gasteiger partial charge on any atom is -0.295 e. The first-order valence-electron chi connectivity index (χ1n) is 9.47. The van der Waals surface area contributed by atoms with Gasteiger partial charge in [-0.3, -0.25) is 14.6 Å². The van der Waals surface area contributed by atoms with Crippen LogP contribution in [0.4, 0.5) is 13.2 Å². The highest BCUT2D eigenvalue weighted by Crippen LogP contribution is 2.39. The molecule has 0 unspecified atom stereocenters. The van der Waals surface area contributed by atoms with E-state index in [0.717, 1.165) is 6.07 Å². The molecule has 0 aliphatic rings. The molecule has 3 aromatic carbocycles. The Morgan fingerprint density at radius 2 is 1.52 bits per heavy atom. The van der Waals surface area contributed by atoms with Gasteiger partial charge in [-0.15, -0.1) is 0 Å². The molecule has 6 heteroatoms. The lowest BCUT2D eigenvalue weighted by molar-refractivity contribution is -0.136. The van der Waals surface area contributed by atoms with Crippen molar-refractivity contribution in [1.82, 2.24) is 4.98 Å². The number of ketones is 2. The number of alkyl halides is 3. The van der Waals surface area contributed by atoms with Crippen molar-refractivity contribution in [2.24, 2.45) is 0 Å². The van der Waals surface area contributed by atoms with E-state index in [1.54, 1.807) is 54.6 Å². The Morgan fingerprint density at radius 1 is 0.839 bits per heavy atom. The van der Waals surface area contributed by atoms with Crippen molar-refractivity contribution in [3.05, 3.63) is 101 Å². The number of carbonyl (C=O) groups is 2. The molecule has 0 aliphatic carbocycles. The van der Waals surface area contributed by atoms with Crippen molar-refractivity contribution in [3.8, 4) is 11.1 Å². The molecular formula is C25H16F3NO2. The molecule has 4 rings (SSSR count). The molecule has 4 aromatic rings. The van der Waals surface area contributed by atoms with Crippen molar-refractivity contribution in [1.29, 1.82) is 0 Å². The molecule has 0 spiro atoms. The summed E-state index contributed by atoms with van der Waals surface area (Å²) in [6.07, 6.45) is -3.42. The zero-order valence-corrected chi connectivity index (χ0v) is 16.4. The Morgan fingerprint density at radius 3 is 2.19 bits per heavy atom. The highest BCUT2D eigenvalue weighted by Gasteiger charge is 2.34. The number of carbonyl (C=O) groups excluding carboxylic acids is 2. The third-order valence-electron chi connectivity index (χ3n) is 5.04. The van der Waals surface area contributed by atoms with Crippen LogP contribution in [0.2, 0.25) is 0 Å². The number of hydrogen-bond donors (Lipinski definition) is 0. The summed E-state index contributed by atoms with van der Waals surface area (Å²) in [6, 6.07) is 18.7. The fraction of sp³-hybridized carbons (Fsp3) is 0.0800. The molecule has 0 saturated heterocycles. The Balaban J connectivity index is 2.07. The zero-order chi connectivity index (χ0) is 22.2. The summed E-state index contributed by atoms with van der Waals surface area (Å²) >= 11 is 0. The van der Waals surface area contributed by atoms with Gasteiger partial charge in [0.05, 0.1) is 11.1 Å². The SMILES string of the molecule is CC(=O)c1cccc(-c2c(C(=O)c3ccccc3)cnc3c(C(F)(F)F)cccc23)c1. The van der Waals surface area contributed by atoms with Crippen LogP contribution in [0.5, 0.6) is 0 Å². The predicted octanol–water partition coefficient (Wildman–Crippen LogP) is 6.35. The summed E-state index contributed by atoms with van der Waals surface area (Å²) in [7, 11) is 0. The molecule has 0 N–H and O–H groups in total. The first-order valence-corrected chi connectivity index (χ1v) is 9.47. The largest absolute Gasteiger partial charge is 0.418 e. The lowest BCUT2D eigenvalue weighted by Gasteiger charge is -2.16. The van der Waals surface area contributed by atoms with Crippen LogP contribution in [0, 0.1) is 0 Å². The second-order valence-electron chi connectivity index (χ2n) is 7.08. The van der Waals surface area contributed by atoms with Gasteiger partial charge in [0.1, 0.15) is 0 Å².